The van der Waals surface area contributed by atoms with Gasteiger partial charge in [-0.05, 0) is 39.5 Å². The van der Waals surface area contributed by atoms with Gasteiger partial charge in [-0.25, -0.2) is 0 Å². The average molecular weight is 349 g/mol. The van der Waals surface area contributed by atoms with Crippen molar-refractivity contribution in [2.24, 2.45) is 0 Å². The molecule has 0 fully saturated rings. The van der Waals surface area contributed by atoms with E-state index in [1.165, 1.54) is 27.8 Å². The third-order valence-corrected chi connectivity index (χ3v) is 4.50. The maximum Gasteiger partial charge on any atom is 0.0332 e. The van der Waals surface area contributed by atoms with E-state index in [4.69, 9.17) is 0 Å². The van der Waals surface area contributed by atoms with Gasteiger partial charge in [0.05, 0.1) is 0 Å². The zero-order valence-electron chi connectivity index (χ0n) is 12.5. The van der Waals surface area contributed by atoms with Crippen LogP contribution >= 0.6 is 15.9 Å². The quantitative estimate of drug-likeness (QED) is 0.486. The lowest BCUT2D eigenvalue weighted by Crippen LogP contribution is -1.91. The van der Waals surface area contributed by atoms with E-state index >= 15 is 0 Å². The lowest BCUT2D eigenvalue weighted by Gasteiger charge is -2.13. The van der Waals surface area contributed by atoms with E-state index < -0.39 is 0 Å². The van der Waals surface area contributed by atoms with E-state index in [0.29, 0.717) is 0 Å². The molecule has 1 heteroatoms. The highest BCUT2D eigenvalue weighted by molar-refractivity contribution is 9.15. The van der Waals surface area contributed by atoms with Crippen LogP contribution in [0.4, 0.5) is 0 Å². The first-order chi connectivity index (χ1) is 10.8. The van der Waals surface area contributed by atoms with Crippen molar-refractivity contribution in [1.29, 1.82) is 0 Å². The molecule has 0 amide bonds. The highest BCUT2D eigenvalue weighted by Crippen LogP contribution is 2.35. The molecule has 3 rings (SSSR count). The first-order valence-corrected chi connectivity index (χ1v) is 8.12. The molecule has 0 saturated carbocycles. The van der Waals surface area contributed by atoms with Crippen LogP contribution in [0.5, 0.6) is 0 Å². The van der Waals surface area contributed by atoms with E-state index in [-0.39, 0.29) is 0 Å². The monoisotopic (exact) mass is 348 g/mol. The third-order valence-electron chi connectivity index (χ3n) is 3.65. The average Bonchev–Trinajstić information content (AvgIpc) is 2.57. The molecule has 0 spiro atoms. The molecule has 0 nitrogen and oxygen atoms in total. The Balaban J connectivity index is 2.21. The van der Waals surface area contributed by atoms with Gasteiger partial charge in [0.15, 0.2) is 0 Å². The van der Waals surface area contributed by atoms with Crippen molar-refractivity contribution in [3.05, 3.63) is 107 Å². The minimum absolute atomic E-state index is 1.12. The van der Waals surface area contributed by atoms with Gasteiger partial charge in [0.25, 0.3) is 0 Å². The van der Waals surface area contributed by atoms with Crippen molar-refractivity contribution in [1.82, 2.24) is 0 Å². The second kappa shape index (κ2) is 6.76. The Bertz CT molecular complexity index is 728. The van der Waals surface area contributed by atoms with Gasteiger partial charge in [-0.1, -0.05) is 90.5 Å². The van der Waals surface area contributed by atoms with Crippen LogP contribution in [0.2, 0.25) is 0 Å². The van der Waals surface area contributed by atoms with Crippen molar-refractivity contribution < 1.29 is 0 Å². The second-order valence-electron chi connectivity index (χ2n) is 5.29. The molecule has 0 aromatic heterocycles. The molecule has 0 aliphatic rings. The zero-order chi connectivity index (χ0) is 15.4. The molecule has 0 heterocycles. The van der Waals surface area contributed by atoms with Gasteiger partial charge >= 0.3 is 0 Å². The van der Waals surface area contributed by atoms with E-state index in [1.807, 2.05) is 12.1 Å². The zero-order valence-corrected chi connectivity index (χ0v) is 14.0. The van der Waals surface area contributed by atoms with Gasteiger partial charge in [0.1, 0.15) is 0 Å². The first kappa shape index (κ1) is 14.8. The summed E-state index contributed by atoms with van der Waals surface area (Å²) in [6, 6.07) is 29.6. The van der Waals surface area contributed by atoms with Crippen LogP contribution in [-0.4, -0.2) is 0 Å². The van der Waals surface area contributed by atoms with Gasteiger partial charge in [0, 0.05) is 10.1 Å². The van der Waals surface area contributed by atoms with E-state index in [0.717, 1.165) is 4.48 Å². The maximum atomic E-state index is 3.83. The fraction of sp³-hybridized carbons (Fsp3) is 0.0476. The predicted molar refractivity (Wildman–Crippen MR) is 98.9 cm³/mol. The molecule has 0 atom stereocenters. The number of halogens is 1. The van der Waals surface area contributed by atoms with Gasteiger partial charge in [-0.15, -0.1) is 0 Å². The molecule has 3 aromatic carbocycles. The molecule has 22 heavy (non-hydrogen) atoms. The van der Waals surface area contributed by atoms with Crippen LogP contribution in [0.1, 0.15) is 22.3 Å². The summed E-state index contributed by atoms with van der Waals surface area (Å²) in [5.41, 5.74) is 6.09. The second-order valence-corrected chi connectivity index (χ2v) is 6.08. The first-order valence-electron chi connectivity index (χ1n) is 7.33. The minimum Gasteiger partial charge on any atom is -0.0622 e. The Morgan fingerprint density at radius 3 is 1.50 bits per heavy atom. The Morgan fingerprint density at radius 1 is 0.591 bits per heavy atom. The molecule has 3 aromatic rings. The summed E-state index contributed by atoms with van der Waals surface area (Å²) in [7, 11) is 0. The summed E-state index contributed by atoms with van der Waals surface area (Å²) >= 11 is 3.83. The van der Waals surface area contributed by atoms with Crippen LogP contribution in [0.25, 0.3) is 10.1 Å². The van der Waals surface area contributed by atoms with Crippen molar-refractivity contribution in [3.63, 3.8) is 0 Å². The standard InChI is InChI=1S/C21H17Br/c1-16-12-14-19(15-13-16)21(22)20(17-8-4-2-5-9-17)18-10-6-3-7-11-18/h2-15H,1H3. The van der Waals surface area contributed by atoms with Crippen LogP contribution in [-0.2, 0) is 0 Å². The lowest BCUT2D eigenvalue weighted by molar-refractivity contribution is 1.46. The number of aryl methyl sites for hydroxylation is 1. The number of rotatable bonds is 3. The van der Waals surface area contributed by atoms with E-state index in [1.54, 1.807) is 0 Å². The highest BCUT2D eigenvalue weighted by atomic mass is 79.9. The van der Waals surface area contributed by atoms with Crippen molar-refractivity contribution in [3.8, 4) is 0 Å². The summed E-state index contributed by atoms with van der Waals surface area (Å²) in [5, 5.41) is 0. The van der Waals surface area contributed by atoms with E-state index in [2.05, 4.69) is 95.7 Å². The fourth-order valence-electron chi connectivity index (χ4n) is 2.47. The van der Waals surface area contributed by atoms with Crippen LogP contribution in [0.3, 0.4) is 0 Å². The number of hydrogen-bond acceptors (Lipinski definition) is 0. The topological polar surface area (TPSA) is 0 Å². The molecular formula is C21H17Br. The molecule has 0 aliphatic carbocycles. The molecule has 0 aliphatic heterocycles. The SMILES string of the molecule is Cc1ccc(C(Br)=C(c2ccccc2)c2ccccc2)cc1. The van der Waals surface area contributed by atoms with Crippen LogP contribution in [0.15, 0.2) is 84.9 Å². The predicted octanol–water partition coefficient (Wildman–Crippen LogP) is 6.31. The van der Waals surface area contributed by atoms with Gasteiger partial charge < -0.3 is 0 Å². The Hall–Kier alpha value is -2.12. The Labute approximate surface area is 140 Å². The molecule has 0 radical (unpaired) electrons. The van der Waals surface area contributed by atoms with Gasteiger partial charge in [0.2, 0.25) is 0 Å². The van der Waals surface area contributed by atoms with E-state index in [9.17, 15) is 0 Å². The Kier molecular flexibility index (Phi) is 4.55. The summed E-state index contributed by atoms with van der Waals surface area (Å²) in [6.45, 7) is 2.11. The smallest absolute Gasteiger partial charge is 0.0332 e. The normalized spacial score (nSPS) is 10.3. The van der Waals surface area contributed by atoms with Gasteiger partial charge in [-0.3, -0.25) is 0 Å². The third kappa shape index (κ3) is 3.20. The molecular weight excluding hydrogens is 332 g/mol. The lowest BCUT2D eigenvalue weighted by atomic mass is 9.95. The summed E-state index contributed by atoms with van der Waals surface area (Å²) in [6.07, 6.45) is 0. The molecule has 0 saturated heterocycles. The Morgan fingerprint density at radius 2 is 1.05 bits per heavy atom. The fourth-order valence-corrected chi connectivity index (χ4v) is 3.20. The maximum absolute atomic E-state index is 3.83. The van der Waals surface area contributed by atoms with Crippen LogP contribution in [0, 0.1) is 6.92 Å². The largest absolute Gasteiger partial charge is 0.0622 e. The summed E-state index contributed by atoms with van der Waals surface area (Å²) < 4.78 is 1.12. The number of benzene rings is 3. The minimum atomic E-state index is 1.12. The van der Waals surface area contributed by atoms with Crippen molar-refractivity contribution in [2.75, 3.05) is 0 Å². The molecule has 108 valence electrons. The molecule has 0 N–H and O–H groups in total. The molecule has 0 unspecified atom stereocenters. The highest BCUT2D eigenvalue weighted by Gasteiger charge is 2.11. The summed E-state index contributed by atoms with van der Waals surface area (Å²) in [5.74, 6) is 0. The van der Waals surface area contributed by atoms with Crippen molar-refractivity contribution >= 4 is 26.0 Å². The summed E-state index contributed by atoms with van der Waals surface area (Å²) in [4.78, 5) is 0. The van der Waals surface area contributed by atoms with Gasteiger partial charge in [-0.2, -0.15) is 0 Å². The molecule has 0 bridgehead atoms. The van der Waals surface area contributed by atoms with Crippen molar-refractivity contribution in [2.45, 2.75) is 6.92 Å². The number of hydrogen-bond donors (Lipinski definition) is 0. The van der Waals surface area contributed by atoms with Crippen LogP contribution < -0.4 is 0 Å².